The molecule has 2 amide bonds. The summed E-state index contributed by atoms with van der Waals surface area (Å²) in [6.07, 6.45) is 3.51. The van der Waals surface area contributed by atoms with Gasteiger partial charge in [0, 0.05) is 5.69 Å². The van der Waals surface area contributed by atoms with Gasteiger partial charge >= 0.3 is 0 Å². The number of hydrogen-bond donors (Lipinski definition) is 1. The molecule has 1 aromatic carbocycles. The van der Waals surface area contributed by atoms with Crippen LogP contribution in [-0.2, 0) is 9.59 Å². The molecule has 21 heavy (non-hydrogen) atoms. The molecule has 3 rings (SSSR count). The number of benzene rings is 1. The lowest BCUT2D eigenvalue weighted by molar-refractivity contribution is -0.137. The number of nitrogens with zero attached hydrogens (tertiary/aromatic N) is 1. The van der Waals surface area contributed by atoms with Gasteiger partial charge in [-0.15, -0.1) is 0 Å². The number of nitrogens with one attached hydrogen (secondary N) is 1. The molecule has 1 atom stereocenters. The van der Waals surface area contributed by atoms with Crippen LogP contribution in [0.25, 0.3) is 0 Å². The van der Waals surface area contributed by atoms with E-state index in [1.54, 1.807) is 11.8 Å². The van der Waals surface area contributed by atoms with Crippen LogP contribution < -0.4 is 10.2 Å². The number of anilines is 1. The Balaban J connectivity index is 2.03. The van der Waals surface area contributed by atoms with Crippen molar-refractivity contribution in [1.29, 1.82) is 0 Å². The van der Waals surface area contributed by atoms with Crippen molar-refractivity contribution in [3.05, 3.63) is 29.3 Å². The smallest absolute Gasteiger partial charge is 0.253 e. The first kappa shape index (κ1) is 14.1. The van der Waals surface area contributed by atoms with E-state index in [0.29, 0.717) is 0 Å². The number of aryl methyl sites for hydroxylation is 2. The Kier molecular flexibility index (Phi) is 3.27. The average molecular weight is 286 g/mol. The fourth-order valence-electron chi connectivity index (χ4n) is 3.45. The summed E-state index contributed by atoms with van der Waals surface area (Å²) in [7, 11) is 0. The number of rotatable bonds is 1. The fourth-order valence-corrected chi connectivity index (χ4v) is 3.45. The maximum atomic E-state index is 13.0. The number of amides is 2. The van der Waals surface area contributed by atoms with Gasteiger partial charge in [0.2, 0.25) is 5.91 Å². The van der Waals surface area contributed by atoms with Crippen LogP contribution >= 0.6 is 0 Å². The van der Waals surface area contributed by atoms with Crippen LogP contribution in [0.15, 0.2) is 18.2 Å². The second kappa shape index (κ2) is 4.86. The fraction of sp³-hybridized carbons (Fsp3) is 0.529. The predicted molar refractivity (Wildman–Crippen MR) is 82.2 cm³/mol. The first-order valence-corrected chi connectivity index (χ1v) is 7.67. The van der Waals surface area contributed by atoms with Crippen molar-refractivity contribution in [2.75, 3.05) is 4.90 Å². The van der Waals surface area contributed by atoms with Crippen LogP contribution in [0.2, 0.25) is 0 Å². The van der Waals surface area contributed by atoms with Crippen molar-refractivity contribution in [2.24, 2.45) is 0 Å². The van der Waals surface area contributed by atoms with E-state index in [1.165, 1.54) is 5.56 Å². The monoisotopic (exact) mass is 286 g/mol. The summed E-state index contributed by atoms with van der Waals surface area (Å²) in [6.45, 7) is 5.87. The maximum Gasteiger partial charge on any atom is 0.253 e. The van der Waals surface area contributed by atoms with Crippen LogP contribution in [0, 0.1) is 13.8 Å². The minimum Gasteiger partial charge on any atom is -0.340 e. The zero-order chi connectivity index (χ0) is 15.2. The van der Waals surface area contributed by atoms with Gasteiger partial charge in [-0.25, -0.2) is 0 Å². The van der Waals surface area contributed by atoms with Gasteiger partial charge in [-0.3, -0.25) is 14.5 Å². The Morgan fingerprint density at radius 1 is 1.14 bits per heavy atom. The molecule has 1 aromatic rings. The van der Waals surface area contributed by atoms with Crippen LogP contribution in [0.3, 0.4) is 0 Å². The third kappa shape index (κ3) is 2.13. The molecular formula is C17H22N2O2. The molecule has 1 aliphatic carbocycles. The van der Waals surface area contributed by atoms with E-state index >= 15 is 0 Å². The van der Waals surface area contributed by atoms with Gasteiger partial charge in [-0.05, 0) is 56.9 Å². The molecule has 0 aromatic heterocycles. The second-order valence-corrected chi connectivity index (χ2v) is 6.40. The lowest BCUT2D eigenvalue weighted by Gasteiger charge is -2.43. The molecule has 1 aliphatic heterocycles. The molecule has 1 saturated carbocycles. The van der Waals surface area contributed by atoms with Gasteiger partial charge in [0.05, 0.1) is 0 Å². The molecule has 4 nitrogen and oxygen atoms in total. The molecule has 1 unspecified atom stereocenters. The SMILES string of the molecule is Cc1ccc(N2C(=O)C3(CCCC3)NC(=O)C2C)cc1C. The summed E-state index contributed by atoms with van der Waals surface area (Å²) in [5.41, 5.74) is 2.49. The number of carbonyl (C=O) groups is 2. The summed E-state index contributed by atoms with van der Waals surface area (Å²) in [5.74, 6) is 0.00470. The van der Waals surface area contributed by atoms with Crippen molar-refractivity contribution in [3.63, 3.8) is 0 Å². The second-order valence-electron chi connectivity index (χ2n) is 6.40. The number of carbonyl (C=O) groups excluding carboxylic acids is 2. The highest BCUT2D eigenvalue weighted by Crippen LogP contribution is 2.36. The summed E-state index contributed by atoms with van der Waals surface area (Å²) in [6, 6.07) is 5.51. The van der Waals surface area contributed by atoms with E-state index in [4.69, 9.17) is 0 Å². The summed E-state index contributed by atoms with van der Waals surface area (Å²) in [5, 5.41) is 2.99. The van der Waals surface area contributed by atoms with Gasteiger partial charge in [0.1, 0.15) is 11.6 Å². The molecule has 1 saturated heterocycles. The highest BCUT2D eigenvalue weighted by atomic mass is 16.2. The first-order valence-electron chi connectivity index (χ1n) is 7.67. The van der Waals surface area contributed by atoms with Crippen LogP contribution in [0.1, 0.15) is 43.7 Å². The molecule has 4 heteroatoms. The largest absolute Gasteiger partial charge is 0.340 e. The normalized spacial score (nSPS) is 24.5. The van der Waals surface area contributed by atoms with Crippen LogP contribution in [0.5, 0.6) is 0 Å². The molecule has 0 bridgehead atoms. The van der Waals surface area contributed by atoms with Crippen molar-refractivity contribution in [1.82, 2.24) is 5.32 Å². The minimum absolute atomic E-state index is 0.0465. The van der Waals surface area contributed by atoms with E-state index in [-0.39, 0.29) is 11.8 Å². The Hall–Kier alpha value is -1.84. The lowest BCUT2D eigenvalue weighted by Crippen LogP contribution is -2.69. The van der Waals surface area contributed by atoms with Gasteiger partial charge in [-0.1, -0.05) is 18.9 Å². The van der Waals surface area contributed by atoms with Crippen molar-refractivity contribution in [3.8, 4) is 0 Å². The molecule has 1 heterocycles. The van der Waals surface area contributed by atoms with Crippen molar-refractivity contribution >= 4 is 17.5 Å². The molecule has 2 aliphatic rings. The molecule has 112 valence electrons. The van der Waals surface area contributed by atoms with Gasteiger partial charge in [-0.2, -0.15) is 0 Å². The van der Waals surface area contributed by atoms with E-state index in [1.807, 2.05) is 32.0 Å². The third-order valence-corrected chi connectivity index (χ3v) is 4.98. The van der Waals surface area contributed by atoms with Crippen LogP contribution in [-0.4, -0.2) is 23.4 Å². The minimum atomic E-state index is -0.664. The van der Waals surface area contributed by atoms with E-state index in [2.05, 4.69) is 5.32 Å². The zero-order valence-electron chi connectivity index (χ0n) is 12.9. The molecular weight excluding hydrogens is 264 g/mol. The Morgan fingerprint density at radius 2 is 1.81 bits per heavy atom. The Labute approximate surface area is 125 Å². The van der Waals surface area contributed by atoms with Crippen LogP contribution in [0.4, 0.5) is 5.69 Å². The van der Waals surface area contributed by atoms with E-state index in [9.17, 15) is 9.59 Å². The quantitative estimate of drug-likeness (QED) is 0.862. The lowest BCUT2D eigenvalue weighted by atomic mass is 9.90. The topological polar surface area (TPSA) is 49.4 Å². The average Bonchev–Trinajstić information content (AvgIpc) is 2.90. The zero-order valence-corrected chi connectivity index (χ0v) is 12.9. The maximum absolute atomic E-state index is 13.0. The molecule has 1 spiro atoms. The highest BCUT2D eigenvalue weighted by Gasteiger charge is 2.51. The van der Waals surface area contributed by atoms with E-state index in [0.717, 1.165) is 36.9 Å². The van der Waals surface area contributed by atoms with Crippen molar-refractivity contribution < 1.29 is 9.59 Å². The number of hydrogen-bond acceptors (Lipinski definition) is 2. The highest BCUT2D eigenvalue weighted by molar-refractivity contribution is 6.10. The Bertz CT molecular complexity index is 603. The van der Waals surface area contributed by atoms with Gasteiger partial charge < -0.3 is 5.32 Å². The van der Waals surface area contributed by atoms with Crippen molar-refractivity contribution in [2.45, 2.75) is 58.0 Å². The molecule has 2 fully saturated rings. The van der Waals surface area contributed by atoms with Gasteiger partial charge in [0.15, 0.2) is 0 Å². The predicted octanol–water partition coefficient (Wildman–Crippen LogP) is 2.47. The molecule has 0 radical (unpaired) electrons. The summed E-state index contributed by atoms with van der Waals surface area (Å²) >= 11 is 0. The standard InChI is InChI=1S/C17H22N2O2/c1-11-6-7-14(10-12(11)2)19-13(3)15(20)18-17(16(19)21)8-4-5-9-17/h6-7,10,13H,4-5,8-9H2,1-3H3,(H,18,20). The summed E-state index contributed by atoms with van der Waals surface area (Å²) < 4.78 is 0. The number of piperazine rings is 1. The van der Waals surface area contributed by atoms with Gasteiger partial charge in [0.25, 0.3) is 5.91 Å². The molecule has 1 N–H and O–H groups in total. The van der Waals surface area contributed by atoms with E-state index < -0.39 is 11.6 Å². The first-order chi connectivity index (χ1) is 9.94. The Morgan fingerprint density at radius 3 is 2.43 bits per heavy atom. The third-order valence-electron chi connectivity index (χ3n) is 4.98. The summed E-state index contributed by atoms with van der Waals surface area (Å²) in [4.78, 5) is 27.0.